The van der Waals surface area contributed by atoms with Gasteiger partial charge in [-0.15, -0.1) is 0 Å². The molecule has 0 aliphatic carbocycles. The Labute approximate surface area is 212 Å². The summed E-state index contributed by atoms with van der Waals surface area (Å²) in [5.41, 5.74) is 7.06. The summed E-state index contributed by atoms with van der Waals surface area (Å²) in [6.07, 6.45) is -2.86. The molecule has 37 heavy (non-hydrogen) atoms. The number of aromatic nitrogens is 2. The van der Waals surface area contributed by atoms with Crippen LogP contribution < -0.4 is 0 Å². The summed E-state index contributed by atoms with van der Waals surface area (Å²) in [7, 11) is 0. The fraction of sp³-hybridized carbons (Fsp3) is 0.250. The first-order chi connectivity index (χ1) is 17.7. The van der Waals surface area contributed by atoms with Crippen LogP contribution in [0.5, 0.6) is 0 Å². The number of piperazine rings is 1. The van der Waals surface area contributed by atoms with Crippen LogP contribution >= 0.6 is 0 Å². The van der Waals surface area contributed by atoms with E-state index in [-0.39, 0.29) is 13.1 Å². The zero-order valence-corrected chi connectivity index (χ0v) is 20.2. The predicted molar refractivity (Wildman–Crippen MR) is 133 cm³/mol. The smallest absolute Gasteiger partial charge is 0.332 e. The van der Waals surface area contributed by atoms with Gasteiger partial charge in [0.15, 0.2) is 0 Å². The van der Waals surface area contributed by atoms with Crippen molar-refractivity contribution in [3.05, 3.63) is 83.7 Å². The van der Waals surface area contributed by atoms with E-state index in [0.717, 1.165) is 44.2 Å². The lowest BCUT2D eigenvalue weighted by Gasteiger charge is -2.35. The minimum atomic E-state index is -4.86. The third-order valence-corrected chi connectivity index (χ3v) is 6.67. The number of rotatable bonds is 4. The molecular formula is C28H24F3N5O. The van der Waals surface area contributed by atoms with Crippen molar-refractivity contribution < 1.29 is 18.0 Å². The molecule has 4 aromatic rings. The fourth-order valence-corrected chi connectivity index (χ4v) is 4.60. The van der Waals surface area contributed by atoms with Gasteiger partial charge in [-0.2, -0.15) is 18.4 Å². The van der Waals surface area contributed by atoms with Gasteiger partial charge >= 0.3 is 12.1 Å². The maximum absolute atomic E-state index is 12.9. The van der Waals surface area contributed by atoms with Gasteiger partial charge in [-0.25, -0.2) is 4.98 Å². The maximum Gasteiger partial charge on any atom is 0.471 e. The Morgan fingerprint density at radius 1 is 0.919 bits per heavy atom. The van der Waals surface area contributed by atoms with E-state index in [1.807, 2.05) is 66.1 Å². The minimum absolute atomic E-state index is 0.0193. The molecule has 1 aliphatic heterocycles. The molecule has 2 aromatic heterocycles. The van der Waals surface area contributed by atoms with Crippen LogP contribution in [-0.2, 0) is 11.3 Å². The van der Waals surface area contributed by atoms with Crippen LogP contribution in [0.3, 0.4) is 0 Å². The molecule has 0 unspecified atom stereocenters. The van der Waals surface area contributed by atoms with Gasteiger partial charge in [-0.05, 0) is 42.3 Å². The van der Waals surface area contributed by atoms with Crippen LogP contribution in [0.25, 0.3) is 28.0 Å². The average molecular weight is 504 g/mol. The van der Waals surface area contributed by atoms with E-state index in [0.29, 0.717) is 25.2 Å². The molecule has 188 valence electrons. The number of alkyl halides is 3. The van der Waals surface area contributed by atoms with E-state index in [2.05, 4.69) is 11.0 Å². The van der Waals surface area contributed by atoms with Gasteiger partial charge in [0.05, 0.1) is 23.0 Å². The van der Waals surface area contributed by atoms with E-state index in [1.54, 1.807) is 12.1 Å². The lowest BCUT2D eigenvalue weighted by atomic mass is 10.1. The molecule has 9 heteroatoms. The maximum atomic E-state index is 12.9. The number of halogens is 3. The number of nitrogens with zero attached hydrogens (tertiary/aromatic N) is 5. The summed E-state index contributed by atoms with van der Waals surface area (Å²) >= 11 is 0. The van der Waals surface area contributed by atoms with E-state index in [1.165, 1.54) is 0 Å². The van der Waals surface area contributed by atoms with Crippen molar-refractivity contribution in [2.75, 3.05) is 26.2 Å². The van der Waals surface area contributed by atoms with Crippen molar-refractivity contribution in [3.63, 3.8) is 0 Å². The summed E-state index contributed by atoms with van der Waals surface area (Å²) < 4.78 is 40.6. The Morgan fingerprint density at radius 2 is 1.54 bits per heavy atom. The molecule has 6 nitrogen and oxygen atoms in total. The van der Waals surface area contributed by atoms with Crippen LogP contribution in [-0.4, -0.2) is 57.4 Å². The molecule has 1 saturated heterocycles. The summed E-state index contributed by atoms with van der Waals surface area (Å²) in [5.74, 6) is -1.78. The molecule has 0 N–H and O–H groups in total. The van der Waals surface area contributed by atoms with Gasteiger partial charge < -0.3 is 9.30 Å². The number of pyridine rings is 1. The van der Waals surface area contributed by atoms with Gasteiger partial charge in [-0.3, -0.25) is 9.69 Å². The molecule has 2 aromatic carbocycles. The summed E-state index contributed by atoms with van der Waals surface area (Å²) in [5, 5.41) is 9.10. The monoisotopic (exact) mass is 503 g/mol. The van der Waals surface area contributed by atoms with Gasteiger partial charge in [0, 0.05) is 44.5 Å². The second-order valence-electron chi connectivity index (χ2n) is 9.17. The SMILES string of the molecule is Cc1ccc(-c2nc3ccc(-c4ccc(C#N)cc4)cn3c2CN2CCN(C(=O)C(F)(F)F)CC2)cc1. The average Bonchev–Trinajstić information content (AvgIpc) is 3.26. The molecule has 3 heterocycles. The number of benzene rings is 2. The van der Waals surface area contributed by atoms with Gasteiger partial charge in [0.1, 0.15) is 5.65 Å². The van der Waals surface area contributed by atoms with Crippen molar-refractivity contribution in [1.82, 2.24) is 19.2 Å². The molecule has 0 atom stereocenters. The highest BCUT2D eigenvalue weighted by molar-refractivity contribution is 5.82. The van der Waals surface area contributed by atoms with E-state index >= 15 is 0 Å². The highest BCUT2D eigenvalue weighted by Crippen LogP contribution is 2.29. The normalized spacial score (nSPS) is 14.6. The summed E-state index contributed by atoms with van der Waals surface area (Å²) in [6, 6.07) is 21.5. The van der Waals surface area contributed by atoms with Crippen molar-refractivity contribution in [2.24, 2.45) is 0 Å². The number of hydrogen-bond acceptors (Lipinski definition) is 4. The molecule has 0 radical (unpaired) electrons. The number of fused-ring (bicyclic) bond motifs is 1. The Balaban J connectivity index is 1.49. The minimum Gasteiger partial charge on any atom is -0.332 e. The van der Waals surface area contributed by atoms with Crippen molar-refractivity contribution in [3.8, 4) is 28.5 Å². The lowest BCUT2D eigenvalue weighted by Crippen LogP contribution is -2.52. The van der Waals surface area contributed by atoms with E-state index < -0.39 is 12.1 Å². The van der Waals surface area contributed by atoms with Crippen molar-refractivity contribution in [2.45, 2.75) is 19.6 Å². The second kappa shape index (κ2) is 9.71. The third-order valence-electron chi connectivity index (χ3n) is 6.67. The first-order valence-electron chi connectivity index (χ1n) is 11.9. The van der Waals surface area contributed by atoms with Crippen LogP contribution in [0.4, 0.5) is 13.2 Å². The van der Waals surface area contributed by atoms with Gasteiger partial charge in [-0.1, -0.05) is 42.0 Å². The molecule has 1 fully saturated rings. The zero-order valence-electron chi connectivity index (χ0n) is 20.2. The number of nitriles is 1. The van der Waals surface area contributed by atoms with E-state index in [9.17, 15) is 18.0 Å². The first kappa shape index (κ1) is 24.5. The number of carbonyl (C=O) groups is 1. The summed E-state index contributed by atoms with van der Waals surface area (Å²) in [6.45, 7) is 3.18. The molecule has 0 bridgehead atoms. The quantitative estimate of drug-likeness (QED) is 0.391. The molecule has 1 aliphatic rings. The topological polar surface area (TPSA) is 64.6 Å². The number of amides is 1. The number of hydrogen-bond donors (Lipinski definition) is 0. The van der Waals surface area contributed by atoms with Gasteiger partial charge in [0.25, 0.3) is 0 Å². The number of aryl methyl sites for hydroxylation is 1. The lowest BCUT2D eigenvalue weighted by molar-refractivity contribution is -0.187. The largest absolute Gasteiger partial charge is 0.471 e. The third kappa shape index (κ3) is 5.06. The van der Waals surface area contributed by atoms with Crippen LogP contribution in [0.2, 0.25) is 0 Å². The number of imidazole rings is 1. The van der Waals surface area contributed by atoms with Crippen LogP contribution in [0, 0.1) is 18.3 Å². The van der Waals surface area contributed by atoms with E-state index in [4.69, 9.17) is 10.2 Å². The predicted octanol–water partition coefficient (Wildman–Crippen LogP) is 5.05. The Morgan fingerprint density at radius 3 is 2.16 bits per heavy atom. The fourth-order valence-electron chi connectivity index (χ4n) is 4.60. The Kier molecular flexibility index (Phi) is 6.44. The van der Waals surface area contributed by atoms with Crippen LogP contribution in [0.1, 0.15) is 16.8 Å². The summed E-state index contributed by atoms with van der Waals surface area (Å²) in [4.78, 5) is 19.5. The standard InChI is InChI=1S/C28H24F3N5O/c1-19-2-6-22(7-3-19)26-24(18-34-12-14-35(15-13-34)27(37)28(29,30)31)36-17-23(10-11-25(36)33-26)21-8-4-20(16-32)5-9-21/h2-11,17H,12-15,18H2,1H3. The number of carbonyl (C=O) groups excluding carboxylic acids is 1. The molecule has 0 spiro atoms. The zero-order chi connectivity index (χ0) is 26.2. The van der Waals surface area contributed by atoms with Crippen molar-refractivity contribution in [1.29, 1.82) is 5.26 Å². The Hall–Kier alpha value is -4.16. The van der Waals surface area contributed by atoms with Gasteiger partial charge in [0.2, 0.25) is 0 Å². The Bertz CT molecular complexity index is 1480. The first-order valence-corrected chi connectivity index (χ1v) is 11.9. The molecule has 0 saturated carbocycles. The highest BCUT2D eigenvalue weighted by atomic mass is 19.4. The van der Waals surface area contributed by atoms with Crippen LogP contribution in [0.15, 0.2) is 66.9 Å². The van der Waals surface area contributed by atoms with Crippen molar-refractivity contribution >= 4 is 11.6 Å². The molecule has 1 amide bonds. The highest BCUT2D eigenvalue weighted by Gasteiger charge is 2.43. The molecular weight excluding hydrogens is 479 g/mol. The molecule has 5 rings (SSSR count). The second-order valence-corrected chi connectivity index (χ2v) is 9.17.